The van der Waals surface area contributed by atoms with Crippen molar-refractivity contribution in [2.24, 2.45) is 11.1 Å². The second-order valence-corrected chi connectivity index (χ2v) is 6.71. The summed E-state index contributed by atoms with van der Waals surface area (Å²) in [6, 6.07) is 0. The molecule has 0 heterocycles. The van der Waals surface area contributed by atoms with E-state index in [2.05, 4.69) is 21.2 Å². The lowest BCUT2D eigenvalue weighted by atomic mass is 9.82. The maximum atomic E-state index is 12.4. The van der Waals surface area contributed by atoms with Gasteiger partial charge in [-0.3, -0.25) is 9.59 Å². The predicted molar refractivity (Wildman–Crippen MR) is 85.7 cm³/mol. The smallest absolute Gasteiger partial charge is 0.309 e. The normalized spacial score (nSPS) is 22.7. The maximum absolute atomic E-state index is 12.4. The van der Waals surface area contributed by atoms with Crippen LogP contribution in [0.1, 0.15) is 33.6 Å². The number of alkyl halides is 1. The van der Waals surface area contributed by atoms with Crippen LogP contribution in [-0.2, 0) is 14.3 Å². The molecule has 0 spiro atoms. The van der Waals surface area contributed by atoms with Crippen molar-refractivity contribution in [1.82, 2.24) is 5.32 Å². The Hall–Kier alpha value is -1.14. The number of hydrogen-bond acceptors (Lipinski definition) is 4. The quantitative estimate of drug-likeness (QED) is 0.447. The van der Waals surface area contributed by atoms with Gasteiger partial charge in [-0.1, -0.05) is 40.2 Å². The fraction of sp³-hybridized carbons (Fsp3) is 0.600. The molecule has 118 valence electrons. The van der Waals surface area contributed by atoms with Gasteiger partial charge in [0.1, 0.15) is 5.60 Å². The fourth-order valence-electron chi connectivity index (χ4n) is 1.92. The molecule has 1 rings (SSSR count). The molecule has 6 heteroatoms. The number of ether oxygens (including phenoxy) is 1. The van der Waals surface area contributed by atoms with Crippen LogP contribution in [-0.4, -0.2) is 29.0 Å². The summed E-state index contributed by atoms with van der Waals surface area (Å²) in [7, 11) is 0. The highest BCUT2D eigenvalue weighted by molar-refractivity contribution is 9.09. The molecule has 1 aliphatic rings. The summed E-state index contributed by atoms with van der Waals surface area (Å²) in [5.74, 6) is -0.627. The van der Waals surface area contributed by atoms with Gasteiger partial charge in [-0.25, -0.2) is 0 Å². The van der Waals surface area contributed by atoms with Crippen molar-refractivity contribution in [2.45, 2.75) is 45.4 Å². The maximum Gasteiger partial charge on any atom is 0.309 e. The molecule has 1 amide bonds. The minimum atomic E-state index is -0.761. The molecule has 0 radical (unpaired) electrons. The van der Waals surface area contributed by atoms with Crippen molar-refractivity contribution >= 4 is 27.8 Å². The van der Waals surface area contributed by atoms with E-state index >= 15 is 0 Å². The standard InChI is InChI=1S/C15H23BrN2O3/c1-14(2,3)21-12(19)9-11(17)18-13(20)15(10-16)7-5-4-6-8-15/h4-7,11H,8-10,17H2,1-3H3,(H,18,20). The van der Waals surface area contributed by atoms with Crippen LogP contribution in [0.4, 0.5) is 0 Å². The Bertz CT molecular complexity index is 454. The van der Waals surface area contributed by atoms with Gasteiger partial charge in [0.25, 0.3) is 0 Å². The summed E-state index contributed by atoms with van der Waals surface area (Å²) in [6.45, 7) is 5.36. The third-order valence-corrected chi connectivity index (χ3v) is 3.96. The molecule has 2 atom stereocenters. The Morgan fingerprint density at radius 1 is 1.43 bits per heavy atom. The van der Waals surface area contributed by atoms with Crippen LogP contribution in [0.5, 0.6) is 0 Å². The SMILES string of the molecule is CC(C)(C)OC(=O)CC(N)NC(=O)C1(CBr)C=CC=CC1. The molecule has 0 bridgehead atoms. The van der Waals surface area contributed by atoms with E-state index in [0.29, 0.717) is 11.8 Å². The molecule has 1 aliphatic carbocycles. The number of nitrogens with two attached hydrogens (primary N) is 1. The summed E-state index contributed by atoms with van der Waals surface area (Å²) >= 11 is 3.37. The molecule has 0 aromatic carbocycles. The van der Waals surface area contributed by atoms with E-state index in [1.807, 2.05) is 24.3 Å². The summed E-state index contributed by atoms with van der Waals surface area (Å²) in [5, 5.41) is 3.17. The summed E-state index contributed by atoms with van der Waals surface area (Å²) in [6.07, 6.45) is 7.29. The lowest BCUT2D eigenvalue weighted by Crippen LogP contribution is -2.50. The van der Waals surface area contributed by atoms with Gasteiger partial charge in [-0.05, 0) is 27.2 Å². The average Bonchev–Trinajstić information content (AvgIpc) is 2.36. The molecular weight excluding hydrogens is 336 g/mol. The number of hydrogen-bond donors (Lipinski definition) is 2. The van der Waals surface area contributed by atoms with Gasteiger partial charge >= 0.3 is 5.97 Å². The Morgan fingerprint density at radius 3 is 2.57 bits per heavy atom. The zero-order chi connectivity index (χ0) is 16.1. The molecule has 0 saturated carbocycles. The zero-order valence-electron chi connectivity index (χ0n) is 12.7. The van der Waals surface area contributed by atoms with Crippen LogP contribution in [0.25, 0.3) is 0 Å². The van der Waals surface area contributed by atoms with Crippen molar-refractivity contribution in [3.05, 3.63) is 24.3 Å². The highest BCUT2D eigenvalue weighted by Gasteiger charge is 2.35. The van der Waals surface area contributed by atoms with Gasteiger partial charge in [-0.2, -0.15) is 0 Å². The summed E-state index contributed by atoms with van der Waals surface area (Å²) in [4.78, 5) is 24.1. The van der Waals surface area contributed by atoms with Crippen molar-refractivity contribution in [3.8, 4) is 0 Å². The van der Waals surface area contributed by atoms with Crippen molar-refractivity contribution in [3.63, 3.8) is 0 Å². The number of nitrogens with one attached hydrogen (secondary N) is 1. The van der Waals surface area contributed by atoms with E-state index in [0.717, 1.165) is 0 Å². The number of rotatable bonds is 5. The van der Waals surface area contributed by atoms with Gasteiger partial charge in [-0.15, -0.1) is 0 Å². The van der Waals surface area contributed by atoms with Crippen molar-refractivity contribution in [1.29, 1.82) is 0 Å². The second-order valence-electron chi connectivity index (χ2n) is 6.15. The Labute approximate surface area is 134 Å². The van der Waals surface area contributed by atoms with Gasteiger partial charge in [0.05, 0.1) is 18.0 Å². The Kier molecular flexibility index (Phi) is 6.16. The van der Waals surface area contributed by atoms with Crippen LogP contribution in [0.3, 0.4) is 0 Å². The molecule has 21 heavy (non-hydrogen) atoms. The van der Waals surface area contributed by atoms with Crippen molar-refractivity contribution in [2.75, 3.05) is 5.33 Å². The van der Waals surface area contributed by atoms with E-state index in [4.69, 9.17) is 10.5 Å². The number of carbonyl (C=O) groups excluding carboxylic acids is 2. The predicted octanol–water partition coefficient (Wildman–Crippen LogP) is 2.02. The first kappa shape index (κ1) is 17.9. The zero-order valence-corrected chi connectivity index (χ0v) is 14.3. The molecular formula is C15H23BrN2O3. The third kappa shape index (κ3) is 5.63. The number of esters is 1. The van der Waals surface area contributed by atoms with E-state index in [-0.39, 0.29) is 12.3 Å². The molecule has 0 saturated heterocycles. The molecule has 5 nitrogen and oxygen atoms in total. The van der Waals surface area contributed by atoms with Gasteiger partial charge in [0, 0.05) is 5.33 Å². The van der Waals surface area contributed by atoms with Gasteiger partial charge in [0.2, 0.25) is 5.91 Å². The molecule has 0 aromatic rings. The minimum Gasteiger partial charge on any atom is -0.460 e. The highest BCUT2D eigenvalue weighted by atomic mass is 79.9. The minimum absolute atomic E-state index is 0.0546. The second kappa shape index (κ2) is 7.22. The lowest BCUT2D eigenvalue weighted by molar-refractivity contribution is -0.155. The first-order chi connectivity index (χ1) is 9.68. The highest BCUT2D eigenvalue weighted by Crippen LogP contribution is 2.30. The molecule has 3 N–H and O–H groups in total. The largest absolute Gasteiger partial charge is 0.460 e. The number of allylic oxidation sites excluding steroid dienone is 3. The topological polar surface area (TPSA) is 81.4 Å². The Balaban J connectivity index is 2.56. The van der Waals surface area contributed by atoms with E-state index in [9.17, 15) is 9.59 Å². The van der Waals surface area contributed by atoms with Crippen LogP contribution in [0.15, 0.2) is 24.3 Å². The summed E-state index contributed by atoms with van der Waals surface area (Å²) < 4.78 is 5.18. The third-order valence-electron chi connectivity index (χ3n) is 2.96. The van der Waals surface area contributed by atoms with Crippen LogP contribution in [0.2, 0.25) is 0 Å². The fourth-order valence-corrected chi connectivity index (χ4v) is 2.59. The molecule has 0 aliphatic heterocycles. The first-order valence-corrected chi connectivity index (χ1v) is 7.99. The van der Waals surface area contributed by atoms with Crippen LogP contribution < -0.4 is 11.1 Å². The van der Waals surface area contributed by atoms with Gasteiger partial charge < -0.3 is 15.8 Å². The Morgan fingerprint density at radius 2 is 2.10 bits per heavy atom. The first-order valence-electron chi connectivity index (χ1n) is 6.87. The number of carbonyl (C=O) groups is 2. The number of amides is 1. The van der Waals surface area contributed by atoms with Crippen LogP contribution >= 0.6 is 15.9 Å². The van der Waals surface area contributed by atoms with E-state index < -0.39 is 23.2 Å². The molecule has 0 aromatic heterocycles. The lowest BCUT2D eigenvalue weighted by Gasteiger charge is -2.29. The molecule has 2 unspecified atom stereocenters. The summed E-state index contributed by atoms with van der Waals surface area (Å²) in [5.41, 5.74) is 4.61. The van der Waals surface area contributed by atoms with Crippen molar-refractivity contribution < 1.29 is 14.3 Å². The molecule has 0 fully saturated rings. The van der Waals surface area contributed by atoms with Crippen LogP contribution in [0, 0.1) is 5.41 Å². The number of halogens is 1. The van der Waals surface area contributed by atoms with E-state index in [1.54, 1.807) is 20.8 Å². The van der Waals surface area contributed by atoms with Gasteiger partial charge in [0.15, 0.2) is 0 Å². The van der Waals surface area contributed by atoms with E-state index in [1.165, 1.54) is 0 Å². The average molecular weight is 359 g/mol. The monoisotopic (exact) mass is 358 g/mol.